The maximum Gasteiger partial charge on any atom is 0.241 e. The van der Waals surface area contributed by atoms with Gasteiger partial charge >= 0.3 is 0 Å². The van der Waals surface area contributed by atoms with Crippen molar-refractivity contribution in [3.8, 4) is 0 Å². The molecule has 0 aromatic heterocycles. The lowest BCUT2D eigenvalue weighted by Crippen LogP contribution is -2.27. The van der Waals surface area contributed by atoms with Gasteiger partial charge in [-0.2, -0.15) is 0 Å². The second-order valence-electron chi connectivity index (χ2n) is 4.84. The summed E-state index contributed by atoms with van der Waals surface area (Å²) in [4.78, 5) is 0.271. The Labute approximate surface area is 118 Å². The van der Waals surface area contributed by atoms with Crippen LogP contribution in [0.15, 0.2) is 41.3 Å². The second-order valence-corrected chi connectivity index (χ2v) is 6.98. The molecule has 0 bridgehead atoms. The molecule has 1 N–H and O–H groups in total. The number of hydrogen-bond donors (Lipinski definition) is 1. The molecule has 0 aliphatic rings. The summed E-state index contributed by atoms with van der Waals surface area (Å²) < 4.78 is 27.2. The molecule has 0 atom stereocenters. The molecule has 0 aliphatic carbocycles. The van der Waals surface area contributed by atoms with Gasteiger partial charge in [-0.3, -0.25) is 0 Å². The van der Waals surface area contributed by atoms with Crippen molar-refractivity contribution in [1.82, 2.24) is 4.72 Å². The molecule has 0 spiro atoms. The molecule has 2 aromatic rings. The SMILES string of the molecule is CC(C)CNS(=O)(=O)c1ccc(Cl)c2ccccc12. The van der Waals surface area contributed by atoms with Gasteiger partial charge in [-0.1, -0.05) is 49.7 Å². The highest BCUT2D eigenvalue weighted by atomic mass is 35.5. The quantitative estimate of drug-likeness (QED) is 0.940. The fourth-order valence-corrected chi connectivity index (χ4v) is 3.47. The van der Waals surface area contributed by atoms with Crippen molar-refractivity contribution in [2.24, 2.45) is 5.92 Å². The van der Waals surface area contributed by atoms with Crippen molar-refractivity contribution in [1.29, 1.82) is 0 Å². The molecular weight excluding hydrogens is 282 g/mol. The Kier molecular flexibility index (Phi) is 4.13. The van der Waals surface area contributed by atoms with Crippen molar-refractivity contribution in [3.63, 3.8) is 0 Å². The van der Waals surface area contributed by atoms with Gasteiger partial charge in [0, 0.05) is 22.3 Å². The third kappa shape index (κ3) is 3.08. The fourth-order valence-electron chi connectivity index (χ4n) is 1.82. The lowest BCUT2D eigenvalue weighted by atomic mass is 10.1. The van der Waals surface area contributed by atoms with E-state index in [1.54, 1.807) is 24.3 Å². The van der Waals surface area contributed by atoms with E-state index in [-0.39, 0.29) is 10.8 Å². The van der Waals surface area contributed by atoms with E-state index >= 15 is 0 Å². The molecule has 0 fully saturated rings. The van der Waals surface area contributed by atoms with Crippen LogP contribution >= 0.6 is 11.6 Å². The first kappa shape index (κ1) is 14.3. The van der Waals surface area contributed by atoms with Crippen molar-refractivity contribution in [3.05, 3.63) is 41.4 Å². The van der Waals surface area contributed by atoms with Crippen molar-refractivity contribution >= 4 is 32.4 Å². The number of fused-ring (bicyclic) bond motifs is 1. The number of hydrogen-bond acceptors (Lipinski definition) is 2. The summed E-state index contributed by atoms with van der Waals surface area (Å²) in [5.74, 6) is 0.258. The third-order valence-corrected chi connectivity index (χ3v) is 4.61. The lowest BCUT2D eigenvalue weighted by molar-refractivity contribution is 0.561. The van der Waals surface area contributed by atoms with Crippen molar-refractivity contribution < 1.29 is 8.42 Å². The van der Waals surface area contributed by atoms with Gasteiger partial charge in [0.15, 0.2) is 0 Å². The summed E-state index contributed by atoms with van der Waals surface area (Å²) in [5.41, 5.74) is 0. The van der Waals surface area contributed by atoms with Gasteiger partial charge < -0.3 is 0 Å². The number of halogens is 1. The molecule has 3 nitrogen and oxygen atoms in total. The maximum atomic E-state index is 12.3. The summed E-state index contributed by atoms with van der Waals surface area (Å²) in [6, 6.07) is 10.4. The summed E-state index contributed by atoms with van der Waals surface area (Å²) in [7, 11) is -3.51. The van der Waals surface area contributed by atoms with Crippen LogP contribution in [0.2, 0.25) is 5.02 Å². The predicted octanol–water partition coefficient (Wildman–Crippen LogP) is 3.43. The largest absolute Gasteiger partial charge is 0.241 e. The van der Waals surface area contributed by atoms with Crippen LogP contribution in [0.3, 0.4) is 0 Å². The van der Waals surface area contributed by atoms with Crippen LogP contribution in [0.25, 0.3) is 10.8 Å². The topological polar surface area (TPSA) is 46.2 Å². The molecular formula is C14H16ClNO2S. The average molecular weight is 298 g/mol. The standard InChI is InChI=1S/C14H16ClNO2S/c1-10(2)9-16-19(17,18)14-8-7-13(15)11-5-3-4-6-12(11)14/h3-8,10,16H,9H2,1-2H3. The van der Waals surface area contributed by atoms with Crippen LogP contribution in [0.4, 0.5) is 0 Å². The normalized spacial score (nSPS) is 12.2. The van der Waals surface area contributed by atoms with Gasteiger partial charge in [-0.15, -0.1) is 0 Å². The van der Waals surface area contributed by atoms with E-state index in [0.29, 0.717) is 17.0 Å². The number of nitrogens with one attached hydrogen (secondary N) is 1. The van der Waals surface area contributed by atoms with E-state index in [1.807, 2.05) is 26.0 Å². The Bertz CT molecular complexity index is 696. The molecule has 0 aliphatic heterocycles. The van der Waals surface area contributed by atoms with Crippen LogP contribution in [0.1, 0.15) is 13.8 Å². The van der Waals surface area contributed by atoms with E-state index in [4.69, 9.17) is 11.6 Å². The Balaban J connectivity index is 2.54. The summed E-state index contributed by atoms with van der Waals surface area (Å²) >= 11 is 6.09. The van der Waals surface area contributed by atoms with Gasteiger partial charge in [0.25, 0.3) is 0 Å². The molecule has 0 saturated heterocycles. The highest BCUT2D eigenvalue weighted by Gasteiger charge is 2.18. The minimum absolute atomic E-state index is 0.258. The molecule has 5 heteroatoms. The summed E-state index contributed by atoms with van der Waals surface area (Å²) in [5, 5.41) is 1.95. The number of benzene rings is 2. The van der Waals surface area contributed by atoms with E-state index in [9.17, 15) is 8.42 Å². The zero-order valence-corrected chi connectivity index (χ0v) is 12.4. The van der Waals surface area contributed by atoms with E-state index in [2.05, 4.69) is 4.72 Å². The number of sulfonamides is 1. The highest BCUT2D eigenvalue weighted by molar-refractivity contribution is 7.89. The predicted molar refractivity (Wildman–Crippen MR) is 79.0 cm³/mol. The minimum Gasteiger partial charge on any atom is -0.211 e. The van der Waals surface area contributed by atoms with Crippen LogP contribution < -0.4 is 4.72 Å². The monoisotopic (exact) mass is 297 g/mol. The first-order valence-electron chi connectivity index (χ1n) is 6.09. The van der Waals surface area contributed by atoms with Gasteiger partial charge in [-0.05, 0) is 18.1 Å². The van der Waals surface area contributed by atoms with Crippen LogP contribution in [-0.4, -0.2) is 15.0 Å². The summed E-state index contributed by atoms with van der Waals surface area (Å²) in [6.45, 7) is 4.34. The van der Waals surface area contributed by atoms with Crippen LogP contribution in [0, 0.1) is 5.92 Å². The minimum atomic E-state index is -3.51. The Morgan fingerprint density at radius 2 is 1.74 bits per heavy atom. The van der Waals surface area contributed by atoms with Crippen molar-refractivity contribution in [2.75, 3.05) is 6.54 Å². The van der Waals surface area contributed by atoms with Gasteiger partial charge in [-0.25, -0.2) is 13.1 Å². The summed E-state index contributed by atoms with van der Waals surface area (Å²) in [6.07, 6.45) is 0. The second kappa shape index (κ2) is 5.49. The van der Waals surface area contributed by atoms with Gasteiger partial charge in [0.05, 0.1) is 4.90 Å². The molecule has 2 rings (SSSR count). The Hall–Kier alpha value is -1.10. The van der Waals surface area contributed by atoms with E-state index in [0.717, 1.165) is 5.39 Å². The first-order valence-corrected chi connectivity index (χ1v) is 7.95. The third-order valence-electron chi connectivity index (χ3n) is 2.80. The van der Waals surface area contributed by atoms with Gasteiger partial charge in [0.1, 0.15) is 0 Å². The smallest absolute Gasteiger partial charge is 0.211 e. The van der Waals surface area contributed by atoms with E-state index in [1.165, 1.54) is 0 Å². The maximum absolute atomic E-state index is 12.3. The van der Waals surface area contributed by atoms with E-state index < -0.39 is 10.0 Å². The fraction of sp³-hybridized carbons (Fsp3) is 0.286. The zero-order valence-electron chi connectivity index (χ0n) is 10.9. The molecule has 0 saturated carbocycles. The first-order chi connectivity index (χ1) is 8.92. The van der Waals surface area contributed by atoms with Gasteiger partial charge in [0.2, 0.25) is 10.0 Å². The number of rotatable bonds is 4. The lowest BCUT2D eigenvalue weighted by Gasteiger charge is -2.11. The van der Waals surface area contributed by atoms with Crippen molar-refractivity contribution in [2.45, 2.75) is 18.7 Å². The molecule has 0 heterocycles. The average Bonchev–Trinajstić information content (AvgIpc) is 2.37. The zero-order chi connectivity index (χ0) is 14.0. The molecule has 19 heavy (non-hydrogen) atoms. The van der Waals surface area contributed by atoms with Crippen LogP contribution in [-0.2, 0) is 10.0 Å². The molecule has 0 unspecified atom stereocenters. The highest BCUT2D eigenvalue weighted by Crippen LogP contribution is 2.28. The molecule has 0 amide bonds. The Morgan fingerprint density at radius 1 is 1.11 bits per heavy atom. The molecule has 102 valence electrons. The molecule has 2 aromatic carbocycles. The molecule has 0 radical (unpaired) electrons. The van der Waals surface area contributed by atoms with Crippen LogP contribution in [0.5, 0.6) is 0 Å². The Morgan fingerprint density at radius 3 is 2.37 bits per heavy atom.